The maximum absolute atomic E-state index is 11.6. The molecule has 1 aromatic heterocycles. The summed E-state index contributed by atoms with van der Waals surface area (Å²) >= 11 is 0. The highest BCUT2D eigenvalue weighted by molar-refractivity contribution is 5.75. The van der Waals surface area contributed by atoms with Crippen LogP contribution in [0.3, 0.4) is 0 Å². The minimum atomic E-state index is -1.27. The number of aromatic nitrogens is 2. The average Bonchev–Trinajstić information content (AvgIpc) is 3.34. The second-order valence-corrected chi connectivity index (χ2v) is 7.69. The third kappa shape index (κ3) is 5.35. The van der Waals surface area contributed by atoms with Gasteiger partial charge in [-0.3, -0.25) is 9.47 Å². The van der Waals surface area contributed by atoms with E-state index in [0.29, 0.717) is 12.8 Å². The van der Waals surface area contributed by atoms with Crippen LogP contribution in [0.4, 0.5) is 10.6 Å². The molecule has 0 aliphatic carbocycles. The fraction of sp³-hybridized carbons (Fsp3) is 0.722. The standard InChI is InChI=1S/C9H13N3O3.C9H16N2O6/c10-7-3-4-12(9(14)11-7)8-2-1-6(5-13)15-8;12-3-4-6(14)7(15)8(17-4)11-2-1-5(13)10-9(11)16/h3-4,6,8,13H,1-2,5H2,(H2,10,11,14);4-8,12-15H,1-3H2,(H,10,16)/t6-,8+;4-,5?,6-,7-,8-/m01/s1. The Hall–Kier alpha value is -2.33. The molecular formula is C18H29N5O9. The van der Waals surface area contributed by atoms with Crippen LogP contribution >= 0.6 is 0 Å². The van der Waals surface area contributed by atoms with E-state index in [2.05, 4.69) is 10.3 Å². The van der Waals surface area contributed by atoms with Crippen molar-refractivity contribution >= 4 is 11.8 Å². The molecule has 14 nitrogen and oxygen atoms in total. The summed E-state index contributed by atoms with van der Waals surface area (Å²) in [6.07, 6.45) is -2.51. The third-order valence-electron chi connectivity index (χ3n) is 5.47. The Labute approximate surface area is 182 Å². The lowest BCUT2D eigenvalue weighted by molar-refractivity contribution is -0.0893. The molecule has 1 unspecified atom stereocenters. The molecule has 1 aromatic rings. The van der Waals surface area contributed by atoms with E-state index < -0.39 is 49.1 Å². The van der Waals surface area contributed by atoms with Crippen LogP contribution in [0.25, 0.3) is 0 Å². The normalized spacial score (nSPS) is 34.7. The zero-order valence-electron chi connectivity index (χ0n) is 17.2. The molecule has 4 rings (SSSR count). The fourth-order valence-electron chi connectivity index (χ4n) is 3.71. The molecule has 3 aliphatic heterocycles. The summed E-state index contributed by atoms with van der Waals surface area (Å²) in [5.41, 5.74) is 4.96. The number of carbonyl (C=O) groups is 1. The van der Waals surface area contributed by atoms with Crippen molar-refractivity contribution in [2.75, 3.05) is 25.5 Å². The molecule has 14 heteroatoms. The lowest BCUT2D eigenvalue weighted by Crippen LogP contribution is -2.57. The maximum atomic E-state index is 11.6. The van der Waals surface area contributed by atoms with Gasteiger partial charge in [-0.1, -0.05) is 0 Å². The van der Waals surface area contributed by atoms with Gasteiger partial charge in [-0.2, -0.15) is 4.98 Å². The number of carbonyl (C=O) groups excluding carboxylic acids is 1. The molecule has 3 saturated heterocycles. The van der Waals surface area contributed by atoms with Gasteiger partial charge in [-0.05, 0) is 18.9 Å². The summed E-state index contributed by atoms with van der Waals surface area (Å²) in [6.45, 7) is -0.250. The number of nitrogens with one attached hydrogen (secondary N) is 1. The number of amides is 2. The van der Waals surface area contributed by atoms with Crippen LogP contribution in [0.5, 0.6) is 0 Å². The number of ether oxygens (including phenoxy) is 2. The first-order valence-corrected chi connectivity index (χ1v) is 10.2. The van der Waals surface area contributed by atoms with E-state index in [9.17, 15) is 24.9 Å². The van der Waals surface area contributed by atoms with E-state index in [1.807, 2.05) is 0 Å². The van der Waals surface area contributed by atoms with Gasteiger partial charge in [0.1, 0.15) is 36.6 Å². The van der Waals surface area contributed by atoms with Gasteiger partial charge in [0, 0.05) is 19.2 Å². The van der Waals surface area contributed by atoms with Crippen LogP contribution in [0.2, 0.25) is 0 Å². The highest BCUT2D eigenvalue weighted by Crippen LogP contribution is 2.27. The number of nitrogens with zero attached hydrogens (tertiary/aromatic N) is 3. The number of nitrogen functional groups attached to an aromatic ring is 1. The van der Waals surface area contributed by atoms with Crippen molar-refractivity contribution < 1.29 is 39.8 Å². The first kappa shape index (κ1) is 24.3. The second-order valence-electron chi connectivity index (χ2n) is 7.69. The lowest BCUT2D eigenvalue weighted by atomic mass is 10.1. The van der Waals surface area contributed by atoms with Gasteiger partial charge in [0.05, 0.1) is 19.3 Å². The molecule has 0 saturated carbocycles. The third-order valence-corrected chi connectivity index (χ3v) is 5.47. The summed E-state index contributed by atoms with van der Waals surface area (Å²) in [5, 5.41) is 48.6. The predicted octanol–water partition coefficient (Wildman–Crippen LogP) is -3.35. The van der Waals surface area contributed by atoms with Gasteiger partial charge in [0.2, 0.25) is 0 Å². The molecule has 180 valence electrons. The van der Waals surface area contributed by atoms with Crippen molar-refractivity contribution in [1.82, 2.24) is 19.8 Å². The maximum Gasteiger partial charge on any atom is 0.351 e. The Morgan fingerprint density at radius 2 is 1.84 bits per heavy atom. The lowest BCUT2D eigenvalue weighted by Gasteiger charge is -2.35. The molecule has 3 fully saturated rings. The monoisotopic (exact) mass is 459 g/mol. The number of aliphatic hydroxyl groups is 5. The van der Waals surface area contributed by atoms with Crippen LogP contribution in [0.15, 0.2) is 17.1 Å². The van der Waals surface area contributed by atoms with Gasteiger partial charge < -0.3 is 46.1 Å². The highest BCUT2D eigenvalue weighted by atomic mass is 16.6. The zero-order chi connectivity index (χ0) is 23.4. The summed E-state index contributed by atoms with van der Waals surface area (Å²) in [6, 6.07) is 0.982. The van der Waals surface area contributed by atoms with Gasteiger partial charge in [-0.25, -0.2) is 9.59 Å². The van der Waals surface area contributed by atoms with Gasteiger partial charge in [0.15, 0.2) is 6.23 Å². The molecule has 3 aliphatic rings. The number of hydrogen-bond donors (Lipinski definition) is 7. The number of aliphatic hydroxyl groups excluding tert-OH is 5. The Bertz CT molecular complexity index is 839. The molecule has 0 bridgehead atoms. The van der Waals surface area contributed by atoms with E-state index >= 15 is 0 Å². The molecular weight excluding hydrogens is 430 g/mol. The van der Waals surface area contributed by atoms with Crippen LogP contribution in [0, 0.1) is 0 Å². The van der Waals surface area contributed by atoms with Crippen molar-refractivity contribution in [2.45, 2.75) is 62.4 Å². The Morgan fingerprint density at radius 3 is 2.41 bits per heavy atom. The van der Waals surface area contributed by atoms with Crippen LogP contribution in [-0.2, 0) is 9.47 Å². The molecule has 4 heterocycles. The van der Waals surface area contributed by atoms with Gasteiger partial charge in [-0.15, -0.1) is 0 Å². The van der Waals surface area contributed by atoms with Crippen LogP contribution < -0.4 is 16.7 Å². The number of urea groups is 1. The Balaban J connectivity index is 0.000000182. The molecule has 0 radical (unpaired) electrons. The molecule has 8 N–H and O–H groups in total. The van der Waals surface area contributed by atoms with Crippen molar-refractivity contribution in [3.63, 3.8) is 0 Å². The summed E-state index contributed by atoms with van der Waals surface area (Å²) in [5.74, 6) is 0.202. The first-order chi connectivity index (χ1) is 15.2. The van der Waals surface area contributed by atoms with Gasteiger partial charge >= 0.3 is 11.7 Å². The van der Waals surface area contributed by atoms with Crippen molar-refractivity contribution in [2.24, 2.45) is 0 Å². The second kappa shape index (κ2) is 10.5. The summed E-state index contributed by atoms with van der Waals surface area (Å²) in [7, 11) is 0. The van der Waals surface area contributed by atoms with E-state index in [1.54, 1.807) is 12.3 Å². The number of nitrogens with two attached hydrogens (primary N) is 1. The van der Waals surface area contributed by atoms with Gasteiger partial charge in [0.25, 0.3) is 0 Å². The van der Waals surface area contributed by atoms with E-state index in [1.165, 1.54) is 9.47 Å². The van der Waals surface area contributed by atoms with E-state index in [-0.39, 0.29) is 31.3 Å². The summed E-state index contributed by atoms with van der Waals surface area (Å²) in [4.78, 5) is 27.8. The minimum absolute atomic E-state index is 0.0202. The van der Waals surface area contributed by atoms with Crippen molar-refractivity contribution in [3.05, 3.63) is 22.7 Å². The van der Waals surface area contributed by atoms with Crippen LogP contribution in [0.1, 0.15) is 25.5 Å². The number of anilines is 1. The van der Waals surface area contributed by atoms with E-state index in [0.717, 1.165) is 6.42 Å². The zero-order valence-corrected chi connectivity index (χ0v) is 17.2. The highest BCUT2D eigenvalue weighted by Gasteiger charge is 2.47. The van der Waals surface area contributed by atoms with Crippen molar-refractivity contribution in [1.29, 1.82) is 0 Å². The fourth-order valence-corrected chi connectivity index (χ4v) is 3.71. The topological polar surface area (TPSA) is 213 Å². The molecule has 32 heavy (non-hydrogen) atoms. The summed E-state index contributed by atoms with van der Waals surface area (Å²) < 4.78 is 12.1. The van der Waals surface area contributed by atoms with E-state index in [4.69, 9.17) is 25.4 Å². The quantitative estimate of drug-likeness (QED) is 0.236. The Kier molecular flexibility index (Phi) is 8.00. The Morgan fingerprint density at radius 1 is 1.09 bits per heavy atom. The molecule has 7 atom stereocenters. The average molecular weight is 459 g/mol. The SMILES string of the molecule is Nc1ccn([C@H]2CC[C@@H](CO)O2)c(=O)n1.O=C1NC(O)CCN1[C@@H]1O[C@H](CO)[C@@H](O)[C@H]1O. The number of rotatable bonds is 4. The molecule has 0 spiro atoms. The smallest absolute Gasteiger partial charge is 0.351 e. The minimum Gasteiger partial charge on any atom is -0.394 e. The first-order valence-electron chi connectivity index (χ1n) is 10.2. The largest absolute Gasteiger partial charge is 0.394 e. The van der Waals surface area contributed by atoms with Crippen LogP contribution in [-0.4, -0.2) is 103 Å². The molecule has 2 amide bonds. The number of hydrogen-bond acceptors (Lipinski definition) is 11. The molecule has 0 aromatic carbocycles. The van der Waals surface area contributed by atoms with Crippen molar-refractivity contribution in [3.8, 4) is 0 Å². The predicted molar refractivity (Wildman–Crippen MR) is 107 cm³/mol.